The molecule has 0 aliphatic heterocycles. The number of benzene rings is 3. The van der Waals surface area contributed by atoms with Crippen LogP contribution in [0.3, 0.4) is 0 Å². The van der Waals surface area contributed by atoms with E-state index in [4.69, 9.17) is 0 Å². The van der Waals surface area contributed by atoms with Crippen LogP contribution in [0, 0.1) is 5.82 Å². The number of thiazole rings is 1. The summed E-state index contributed by atoms with van der Waals surface area (Å²) in [5, 5.41) is 11.7. The quantitative estimate of drug-likeness (QED) is 0.427. The Morgan fingerprint density at radius 1 is 1.06 bits per heavy atom. The lowest BCUT2D eigenvalue weighted by Gasteiger charge is -2.08. The van der Waals surface area contributed by atoms with Gasteiger partial charge in [-0.05, 0) is 28.5 Å². The van der Waals surface area contributed by atoms with Gasteiger partial charge in [-0.25, -0.2) is 8.91 Å². The van der Waals surface area contributed by atoms with Gasteiger partial charge in [0.2, 0.25) is 10.9 Å². The van der Waals surface area contributed by atoms with Crippen LogP contribution in [0.1, 0.15) is 11.3 Å². The molecule has 1 amide bonds. The second-order valence-electron chi connectivity index (χ2n) is 7.28. The lowest BCUT2D eigenvalue weighted by atomic mass is 10.0. The third-order valence-electron chi connectivity index (χ3n) is 5.17. The molecule has 0 radical (unpaired) electrons. The summed E-state index contributed by atoms with van der Waals surface area (Å²) >= 11 is 1.48. The second-order valence-corrected chi connectivity index (χ2v) is 8.12. The van der Waals surface area contributed by atoms with Crippen molar-refractivity contribution < 1.29 is 9.18 Å². The van der Waals surface area contributed by atoms with E-state index in [1.165, 1.54) is 23.5 Å². The van der Waals surface area contributed by atoms with Crippen LogP contribution in [-0.2, 0) is 17.6 Å². The Balaban J connectivity index is 1.24. The van der Waals surface area contributed by atoms with Crippen molar-refractivity contribution in [2.24, 2.45) is 0 Å². The number of amides is 1. The fraction of sp³-hybridized carbons (Fsp3) is 0.125. The molecule has 2 heterocycles. The van der Waals surface area contributed by atoms with Gasteiger partial charge in [-0.2, -0.15) is 4.98 Å². The van der Waals surface area contributed by atoms with Crippen molar-refractivity contribution in [3.05, 3.63) is 89.2 Å². The Hall–Kier alpha value is -3.58. The number of nitrogens with zero attached hydrogens (tertiary/aromatic N) is 3. The van der Waals surface area contributed by atoms with Crippen LogP contribution in [0.25, 0.3) is 27.1 Å². The van der Waals surface area contributed by atoms with Gasteiger partial charge < -0.3 is 5.32 Å². The van der Waals surface area contributed by atoms with Crippen LogP contribution < -0.4 is 5.32 Å². The zero-order valence-electron chi connectivity index (χ0n) is 16.6. The van der Waals surface area contributed by atoms with Crippen LogP contribution in [0.2, 0.25) is 0 Å². The zero-order chi connectivity index (χ0) is 21.2. The number of hydrogen-bond donors (Lipinski definition) is 1. The average molecular weight is 431 g/mol. The monoisotopic (exact) mass is 430 g/mol. The minimum atomic E-state index is -0.315. The molecule has 0 fully saturated rings. The summed E-state index contributed by atoms with van der Waals surface area (Å²) in [5.74, 6) is 0.166. The lowest BCUT2D eigenvalue weighted by Crippen LogP contribution is -2.27. The van der Waals surface area contributed by atoms with Crippen molar-refractivity contribution in [1.29, 1.82) is 0 Å². The molecule has 0 bridgehead atoms. The summed E-state index contributed by atoms with van der Waals surface area (Å²) < 4.78 is 15.3. The van der Waals surface area contributed by atoms with Gasteiger partial charge in [0.1, 0.15) is 5.82 Å². The molecule has 0 spiro atoms. The minimum Gasteiger partial charge on any atom is -0.355 e. The highest BCUT2D eigenvalue weighted by Gasteiger charge is 2.13. The van der Waals surface area contributed by atoms with Crippen molar-refractivity contribution in [3.8, 4) is 11.4 Å². The van der Waals surface area contributed by atoms with Crippen LogP contribution in [-0.4, -0.2) is 27.0 Å². The third-order valence-corrected chi connectivity index (χ3v) is 6.03. The van der Waals surface area contributed by atoms with Crippen LogP contribution >= 0.6 is 11.3 Å². The summed E-state index contributed by atoms with van der Waals surface area (Å²) in [6, 6.07) is 20.4. The van der Waals surface area contributed by atoms with Crippen molar-refractivity contribution in [1.82, 2.24) is 19.9 Å². The first kappa shape index (κ1) is 19.4. The number of rotatable bonds is 6. The van der Waals surface area contributed by atoms with Gasteiger partial charge in [-0.3, -0.25) is 4.79 Å². The Labute approximate surface area is 182 Å². The van der Waals surface area contributed by atoms with Gasteiger partial charge in [0.05, 0.1) is 12.1 Å². The maximum absolute atomic E-state index is 13.5. The number of nitrogens with one attached hydrogen (secondary N) is 1. The highest BCUT2D eigenvalue weighted by atomic mass is 32.1. The van der Waals surface area contributed by atoms with Crippen LogP contribution in [0.4, 0.5) is 4.39 Å². The molecule has 0 aliphatic carbocycles. The number of aromatic nitrogens is 3. The summed E-state index contributed by atoms with van der Waals surface area (Å²) in [7, 11) is 0. The molecular weight excluding hydrogens is 411 g/mol. The zero-order valence-corrected chi connectivity index (χ0v) is 17.4. The molecule has 154 valence electrons. The molecule has 5 aromatic rings. The first-order valence-corrected chi connectivity index (χ1v) is 10.9. The molecule has 1 N–H and O–H groups in total. The number of hydrogen-bond acceptors (Lipinski definition) is 4. The largest absolute Gasteiger partial charge is 0.355 e. The smallest absolute Gasteiger partial charge is 0.224 e. The van der Waals surface area contributed by atoms with Crippen molar-refractivity contribution in [3.63, 3.8) is 0 Å². The fourth-order valence-electron chi connectivity index (χ4n) is 3.66. The molecular formula is C24H19FN4OS. The molecule has 0 unspecified atom stereocenters. The SMILES string of the molecule is O=C(Cc1cccc2ccccc12)NCCc1csc2nc(-c3cccc(F)c3)nn12. The van der Waals surface area contributed by atoms with Crippen LogP contribution in [0.15, 0.2) is 72.1 Å². The third kappa shape index (κ3) is 4.04. The molecule has 0 saturated carbocycles. The van der Waals surface area contributed by atoms with Crippen molar-refractivity contribution in [2.45, 2.75) is 12.8 Å². The highest BCUT2D eigenvalue weighted by molar-refractivity contribution is 7.15. The standard InChI is InChI=1S/C24H19FN4OS/c25-19-9-4-8-18(13-19)23-27-24-29(28-23)20(15-31-24)11-12-26-22(30)14-17-7-3-6-16-5-1-2-10-21(16)17/h1-10,13,15H,11-12,14H2,(H,26,30). The Morgan fingerprint density at radius 3 is 2.81 bits per heavy atom. The molecule has 31 heavy (non-hydrogen) atoms. The highest BCUT2D eigenvalue weighted by Crippen LogP contribution is 2.22. The van der Waals surface area contributed by atoms with E-state index < -0.39 is 0 Å². The van der Waals surface area contributed by atoms with E-state index in [1.807, 2.05) is 35.7 Å². The van der Waals surface area contributed by atoms with E-state index in [0.717, 1.165) is 27.0 Å². The molecule has 7 heteroatoms. The first-order chi connectivity index (χ1) is 15.2. The van der Waals surface area contributed by atoms with Gasteiger partial charge in [-0.1, -0.05) is 54.6 Å². The van der Waals surface area contributed by atoms with Gasteiger partial charge >= 0.3 is 0 Å². The number of carbonyl (C=O) groups excluding carboxylic acids is 1. The van der Waals surface area contributed by atoms with E-state index in [0.29, 0.717) is 30.8 Å². The average Bonchev–Trinajstić information content (AvgIpc) is 3.36. The molecule has 0 atom stereocenters. The van der Waals surface area contributed by atoms with Gasteiger partial charge in [-0.15, -0.1) is 16.4 Å². The molecule has 5 nitrogen and oxygen atoms in total. The molecule has 5 rings (SSSR count). The Morgan fingerprint density at radius 2 is 1.90 bits per heavy atom. The molecule has 2 aromatic heterocycles. The number of halogens is 1. The van der Waals surface area contributed by atoms with E-state index >= 15 is 0 Å². The van der Waals surface area contributed by atoms with E-state index in [2.05, 4.69) is 27.5 Å². The predicted molar refractivity (Wildman–Crippen MR) is 121 cm³/mol. The minimum absolute atomic E-state index is 0.0122. The summed E-state index contributed by atoms with van der Waals surface area (Å²) in [4.78, 5) is 17.7. The van der Waals surface area contributed by atoms with Crippen molar-refractivity contribution >= 4 is 33.0 Å². The molecule has 3 aromatic carbocycles. The summed E-state index contributed by atoms with van der Waals surface area (Å²) in [6.45, 7) is 0.505. The molecule has 0 saturated heterocycles. The van der Waals surface area contributed by atoms with E-state index in [-0.39, 0.29) is 11.7 Å². The predicted octanol–water partition coefficient (Wildman–Crippen LogP) is 4.65. The maximum Gasteiger partial charge on any atom is 0.224 e. The van der Waals surface area contributed by atoms with Crippen LogP contribution in [0.5, 0.6) is 0 Å². The summed E-state index contributed by atoms with van der Waals surface area (Å²) in [5.41, 5.74) is 2.62. The number of fused-ring (bicyclic) bond motifs is 2. The second kappa shape index (κ2) is 8.28. The van der Waals surface area contributed by atoms with Gasteiger partial charge in [0.25, 0.3) is 0 Å². The topological polar surface area (TPSA) is 59.3 Å². The number of carbonyl (C=O) groups is 1. The van der Waals surface area contributed by atoms with E-state index in [1.54, 1.807) is 16.6 Å². The Kier molecular flexibility index (Phi) is 5.18. The van der Waals surface area contributed by atoms with Crippen molar-refractivity contribution in [2.75, 3.05) is 6.54 Å². The van der Waals surface area contributed by atoms with E-state index in [9.17, 15) is 9.18 Å². The Bertz CT molecular complexity index is 1390. The summed E-state index contributed by atoms with van der Waals surface area (Å²) in [6.07, 6.45) is 0.973. The van der Waals surface area contributed by atoms with Gasteiger partial charge in [0.15, 0.2) is 5.82 Å². The maximum atomic E-state index is 13.5. The fourth-order valence-corrected chi connectivity index (χ4v) is 4.51. The van der Waals surface area contributed by atoms with Gasteiger partial charge in [0, 0.05) is 23.9 Å². The lowest BCUT2D eigenvalue weighted by molar-refractivity contribution is -0.120. The molecule has 0 aliphatic rings. The normalized spacial score (nSPS) is 11.3. The first-order valence-electron chi connectivity index (χ1n) is 10.00.